The predicted octanol–water partition coefficient (Wildman–Crippen LogP) is 1.15. The Balaban J connectivity index is 1.53. The number of rotatable bonds is 4. The first-order valence-corrected chi connectivity index (χ1v) is 8.26. The molecule has 1 aliphatic rings. The molecule has 7 nitrogen and oxygen atoms in total. The van der Waals surface area contributed by atoms with E-state index in [9.17, 15) is 4.79 Å². The molecule has 0 fully saturated rings. The average molecular weight is 324 g/mol. The van der Waals surface area contributed by atoms with Crippen molar-refractivity contribution in [3.05, 3.63) is 64.4 Å². The Labute approximate surface area is 139 Å². The second-order valence-electron chi connectivity index (χ2n) is 6.25. The van der Waals surface area contributed by atoms with Gasteiger partial charge in [0.2, 0.25) is 0 Å². The minimum atomic E-state index is -0.0509. The Kier molecular flexibility index (Phi) is 3.76. The first-order chi connectivity index (χ1) is 11.7. The van der Waals surface area contributed by atoms with Crippen LogP contribution in [-0.2, 0) is 33.0 Å². The third-order valence-electron chi connectivity index (χ3n) is 4.67. The number of aryl methyl sites for hydroxylation is 4. The van der Waals surface area contributed by atoms with Gasteiger partial charge in [-0.15, -0.1) is 0 Å². The number of nitrogens with zero attached hydrogens (tertiary/aromatic N) is 6. The number of hydrogen-bond donors (Lipinski definition) is 0. The number of hydrogen-bond acceptors (Lipinski definition) is 4. The van der Waals surface area contributed by atoms with E-state index in [-0.39, 0.29) is 11.6 Å². The van der Waals surface area contributed by atoms with Crippen molar-refractivity contribution in [1.29, 1.82) is 0 Å². The van der Waals surface area contributed by atoms with Crippen LogP contribution in [0, 0.1) is 0 Å². The van der Waals surface area contributed by atoms with Crippen molar-refractivity contribution in [3.63, 3.8) is 0 Å². The zero-order valence-corrected chi connectivity index (χ0v) is 13.7. The van der Waals surface area contributed by atoms with Crippen LogP contribution in [-0.4, -0.2) is 29.1 Å². The highest BCUT2D eigenvalue weighted by Crippen LogP contribution is 2.25. The average Bonchev–Trinajstić information content (AvgIpc) is 3.19. The molecule has 0 saturated carbocycles. The number of aromatic nitrogens is 6. The van der Waals surface area contributed by atoms with Crippen molar-refractivity contribution in [2.24, 2.45) is 7.05 Å². The van der Waals surface area contributed by atoms with Crippen LogP contribution >= 0.6 is 0 Å². The fraction of sp³-hybridized carbons (Fsp3) is 0.412. The molecule has 0 aliphatic carbocycles. The van der Waals surface area contributed by atoms with Crippen molar-refractivity contribution in [2.75, 3.05) is 0 Å². The van der Waals surface area contributed by atoms with Crippen LogP contribution in [0.5, 0.6) is 0 Å². The molecule has 1 aliphatic heterocycles. The van der Waals surface area contributed by atoms with Gasteiger partial charge in [0, 0.05) is 32.5 Å². The number of benzene rings is 1. The molecular weight excluding hydrogens is 304 g/mol. The van der Waals surface area contributed by atoms with Gasteiger partial charge in [-0.3, -0.25) is 4.57 Å². The summed E-state index contributed by atoms with van der Waals surface area (Å²) in [6.45, 7) is 1.43. The van der Waals surface area contributed by atoms with E-state index in [0.717, 1.165) is 37.5 Å². The Morgan fingerprint density at radius 3 is 2.92 bits per heavy atom. The van der Waals surface area contributed by atoms with Gasteiger partial charge in [0.25, 0.3) is 0 Å². The first-order valence-electron chi connectivity index (χ1n) is 8.26. The molecule has 1 atom stereocenters. The standard InChI is InChI=1S/C17H20N6O/c1-21-17(24)22-11-14(7-8-15(22)20-21)16-18-12-19-23(16)10-9-13-5-3-2-4-6-13/h2-6,12,14H,7-11H2,1H3. The Hall–Kier alpha value is -2.70. The summed E-state index contributed by atoms with van der Waals surface area (Å²) in [6.07, 6.45) is 4.27. The maximum absolute atomic E-state index is 12.1. The molecular formula is C17H20N6O. The van der Waals surface area contributed by atoms with Crippen LogP contribution in [0.25, 0.3) is 0 Å². The number of fused-ring (bicyclic) bond motifs is 1. The Morgan fingerprint density at radius 1 is 1.25 bits per heavy atom. The summed E-state index contributed by atoms with van der Waals surface area (Å²) in [7, 11) is 1.70. The highest BCUT2D eigenvalue weighted by molar-refractivity contribution is 5.14. The van der Waals surface area contributed by atoms with Gasteiger partial charge in [0.05, 0.1) is 0 Å². The topological polar surface area (TPSA) is 70.5 Å². The normalized spacial score (nSPS) is 17.0. The van der Waals surface area contributed by atoms with E-state index in [4.69, 9.17) is 0 Å². The molecule has 0 saturated heterocycles. The molecule has 0 spiro atoms. The van der Waals surface area contributed by atoms with Crippen LogP contribution in [0.2, 0.25) is 0 Å². The van der Waals surface area contributed by atoms with Crippen molar-refractivity contribution < 1.29 is 0 Å². The first kappa shape index (κ1) is 14.9. The smallest absolute Gasteiger partial charge is 0.278 e. The monoisotopic (exact) mass is 324 g/mol. The quantitative estimate of drug-likeness (QED) is 0.722. The Morgan fingerprint density at radius 2 is 2.08 bits per heavy atom. The highest BCUT2D eigenvalue weighted by atomic mass is 16.2. The second-order valence-corrected chi connectivity index (χ2v) is 6.25. The summed E-state index contributed by atoms with van der Waals surface area (Å²) in [6, 6.07) is 10.4. The molecule has 3 aromatic rings. The summed E-state index contributed by atoms with van der Waals surface area (Å²) < 4.78 is 5.16. The predicted molar refractivity (Wildman–Crippen MR) is 88.7 cm³/mol. The van der Waals surface area contributed by atoms with Gasteiger partial charge in [0.15, 0.2) is 0 Å². The lowest BCUT2D eigenvalue weighted by atomic mass is 9.98. The molecule has 7 heteroatoms. The lowest BCUT2D eigenvalue weighted by Gasteiger charge is -2.22. The van der Waals surface area contributed by atoms with Crippen molar-refractivity contribution in [1.82, 2.24) is 29.1 Å². The maximum Gasteiger partial charge on any atom is 0.345 e. The van der Waals surface area contributed by atoms with Gasteiger partial charge in [-0.2, -0.15) is 10.2 Å². The zero-order chi connectivity index (χ0) is 16.5. The molecule has 124 valence electrons. The molecule has 1 unspecified atom stereocenters. The van der Waals surface area contributed by atoms with E-state index in [1.54, 1.807) is 17.9 Å². The van der Waals surface area contributed by atoms with Gasteiger partial charge < -0.3 is 0 Å². The fourth-order valence-corrected chi connectivity index (χ4v) is 3.39. The zero-order valence-electron chi connectivity index (χ0n) is 13.7. The molecule has 0 N–H and O–H groups in total. The van der Waals surface area contributed by atoms with E-state index < -0.39 is 0 Å². The van der Waals surface area contributed by atoms with Crippen LogP contribution in [0.1, 0.15) is 29.6 Å². The van der Waals surface area contributed by atoms with Crippen molar-refractivity contribution in [2.45, 2.75) is 38.3 Å². The van der Waals surface area contributed by atoms with Gasteiger partial charge in [0.1, 0.15) is 18.0 Å². The van der Waals surface area contributed by atoms with Crippen molar-refractivity contribution in [3.8, 4) is 0 Å². The molecule has 24 heavy (non-hydrogen) atoms. The van der Waals surface area contributed by atoms with Gasteiger partial charge in [-0.25, -0.2) is 19.1 Å². The summed E-state index contributed by atoms with van der Waals surface area (Å²) in [5, 5.41) is 8.68. The Bertz CT molecular complexity index is 891. The molecule has 0 bridgehead atoms. The minimum absolute atomic E-state index is 0.0509. The van der Waals surface area contributed by atoms with E-state index in [1.807, 2.05) is 10.7 Å². The largest absolute Gasteiger partial charge is 0.345 e. The SMILES string of the molecule is Cn1nc2n(c1=O)CC(c1ncnn1CCc1ccccc1)CC2. The molecule has 0 radical (unpaired) electrons. The van der Waals surface area contributed by atoms with Gasteiger partial charge in [-0.1, -0.05) is 30.3 Å². The summed E-state index contributed by atoms with van der Waals surface area (Å²) in [5.41, 5.74) is 1.23. The molecule has 2 aromatic heterocycles. The summed E-state index contributed by atoms with van der Waals surface area (Å²) in [4.78, 5) is 16.6. The third kappa shape index (κ3) is 2.66. The molecule has 4 rings (SSSR count). The second kappa shape index (κ2) is 6.07. The summed E-state index contributed by atoms with van der Waals surface area (Å²) >= 11 is 0. The lowest BCUT2D eigenvalue weighted by Crippen LogP contribution is -2.30. The van der Waals surface area contributed by atoms with Crippen LogP contribution in [0.3, 0.4) is 0 Å². The van der Waals surface area contributed by atoms with Gasteiger partial charge in [-0.05, 0) is 18.4 Å². The van der Waals surface area contributed by atoms with Crippen LogP contribution in [0.15, 0.2) is 41.5 Å². The molecule has 1 aromatic carbocycles. The minimum Gasteiger partial charge on any atom is -0.278 e. The van der Waals surface area contributed by atoms with E-state index in [0.29, 0.717) is 6.54 Å². The maximum atomic E-state index is 12.1. The highest BCUT2D eigenvalue weighted by Gasteiger charge is 2.27. The van der Waals surface area contributed by atoms with E-state index in [2.05, 4.69) is 39.4 Å². The van der Waals surface area contributed by atoms with E-state index >= 15 is 0 Å². The molecule has 3 heterocycles. The van der Waals surface area contributed by atoms with Crippen molar-refractivity contribution >= 4 is 0 Å². The fourth-order valence-electron chi connectivity index (χ4n) is 3.39. The third-order valence-corrected chi connectivity index (χ3v) is 4.67. The van der Waals surface area contributed by atoms with E-state index in [1.165, 1.54) is 10.2 Å². The molecule has 0 amide bonds. The lowest BCUT2D eigenvalue weighted by molar-refractivity contribution is 0.410. The van der Waals surface area contributed by atoms with Gasteiger partial charge >= 0.3 is 5.69 Å². The van der Waals surface area contributed by atoms with Crippen LogP contribution in [0.4, 0.5) is 0 Å². The van der Waals surface area contributed by atoms with Crippen LogP contribution < -0.4 is 5.69 Å². The summed E-state index contributed by atoms with van der Waals surface area (Å²) in [5.74, 6) is 2.04.